The van der Waals surface area contributed by atoms with Crippen molar-refractivity contribution in [3.05, 3.63) is 40.8 Å². The lowest BCUT2D eigenvalue weighted by Crippen LogP contribution is -2.38. The van der Waals surface area contributed by atoms with Gasteiger partial charge in [0.1, 0.15) is 5.82 Å². The largest absolute Gasteiger partial charge is 0.329 e. The van der Waals surface area contributed by atoms with Crippen LogP contribution in [0.5, 0.6) is 0 Å². The maximum absolute atomic E-state index is 12.8. The molecule has 0 radical (unpaired) electrons. The molecular weight excluding hydrogens is 372 g/mol. The number of aromatic nitrogens is 3. The maximum Gasteiger partial charge on any atom is 0.246 e. The molecule has 0 saturated carbocycles. The second-order valence-electron chi connectivity index (χ2n) is 7.38. The van der Waals surface area contributed by atoms with Crippen LogP contribution in [0.3, 0.4) is 0 Å². The minimum atomic E-state index is -0.0938. The Bertz CT molecular complexity index is 847. The third-order valence-electron chi connectivity index (χ3n) is 4.54. The highest BCUT2D eigenvalue weighted by atomic mass is 32.1. The van der Waals surface area contributed by atoms with E-state index in [4.69, 9.17) is 4.98 Å². The van der Waals surface area contributed by atoms with Gasteiger partial charge in [-0.05, 0) is 47.2 Å². The van der Waals surface area contributed by atoms with Crippen molar-refractivity contribution in [2.45, 2.75) is 39.2 Å². The number of nitrogens with zero attached hydrogens (tertiary/aromatic N) is 5. The molecule has 1 saturated heterocycles. The molecule has 1 aliphatic heterocycles. The highest BCUT2D eigenvalue weighted by Gasteiger charge is 2.29. The average molecular weight is 401 g/mol. The van der Waals surface area contributed by atoms with Crippen LogP contribution in [-0.4, -0.2) is 57.8 Å². The summed E-state index contributed by atoms with van der Waals surface area (Å²) in [6.07, 6.45) is 6.54. The van der Waals surface area contributed by atoms with E-state index in [1.54, 1.807) is 17.4 Å². The molecule has 1 atom stereocenters. The first-order chi connectivity index (χ1) is 13.4. The summed E-state index contributed by atoms with van der Waals surface area (Å²) in [5.41, 5.74) is 1.86. The number of amides is 1. The summed E-state index contributed by atoms with van der Waals surface area (Å²) in [4.78, 5) is 30.5. The topological polar surface area (TPSA) is 74.2 Å². The van der Waals surface area contributed by atoms with E-state index < -0.39 is 0 Å². The number of piperidine rings is 1. The molecule has 1 amide bonds. The van der Waals surface area contributed by atoms with Crippen molar-refractivity contribution < 1.29 is 4.79 Å². The van der Waals surface area contributed by atoms with E-state index in [2.05, 4.69) is 15.3 Å². The van der Waals surface area contributed by atoms with Crippen LogP contribution in [0.1, 0.15) is 42.5 Å². The van der Waals surface area contributed by atoms with Crippen molar-refractivity contribution in [3.8, 4) is 0 Å². The number of thiazole rings is 1. The summed E-state index contributed by atoms with van der Waals surface area (Å²) in [7, 11) is 3.97. The van der Waals surface area contributed by atoms with Gasteiger partial charge >= 0.3 is 0 Å². The molecule has 3 rings (SSSR count). The predicted molar refractivity (Wildman–Crippen MR) is 113 cm³/mol. The van der Waals surface area contributed by atoms with Gasteiger partial charge in [-0.2, -0.15) is 0 Å². The van der Waals surface area contributed by atoms with Gasteiger partial charge in [0.2, 0.25) is 5.91 Å². The van der Waals surface area contributed by atoms with Crippen molar-refractivity contribution >= 4 is 28.2 Å². The molecule has 0 spiro atoms. The number of likely N-dealkylation sites (tertiary alicyclic amines) is 1. The summed E-state index contributed by atoms with van der Waals surface area (Å²) >= 11 is 1.55. The standard InChI is InChI=1S/C20H28N6OS/c1-14-12-17(24-20-22-15(2)13-28-20)23-19(21-14)16-8-5-6-11-26(16)18(27)9-7-10-25(3)4/h7,9,12-13,16H,5-6,8,10-11H2,1-4H3,(H,21,22,23,24)/b9-7+/t16-/m0/s1. The molecule has 0 aliphatic carbocycles. The van der Waals surface area contributed by atoms with E-state index in [1.165, 1.54) is 0 Å². The monoisotopic (exact) mass is 400 g/mol. The van der Waals surface area contributed by atoms with Crippen LogP contribution in [0.25, 0.3) is 0 Å². The molecule has 8 heteroatoms. The Balaban J connectivity index is 1.80. The van der Waals surface area contributed by atoms with Crippen LogP contribution < -0.4 is 5.32 Å². The van der Waals surface area contributed by atoms with Crippen molar-refractivity contribution in [1.29, 1.82) is 0 Å². The number of carbonyl (C=O) groups is 1. The molecule has 0 bridgehead atoms. The smallest absolute Gasteiger partial charge is 0.246 e. The molecule has 2 aromatic heterocycles. The van der Waals surface area contributed by atoms with Gasteiger partial charge in [-0.25, -0.2) is 15.0 Å². The predicted octanol–water partition coefficient (Wildman–Crippen LogP) is 3.46. The summed E-state index contributed by atoms with van der Waals surface area (Å²) < 4.78 is 0. The summed E-state index contributed by atoms with van der Waals surface area (Å²) in [5, 5.41) is 6.08. The van der Waals surface area contributed by atoms with Gasteiger partial charge in [0.25, 0.3) is 0 Å². The van der Waals surface area contributed by atoms with Crippen molar-refractivity contribution in [2.24, 2.45) is 0 Å². The fourth-order valence-electron chi connectivity index (χ4n) is 3.25. The molecule has 1 fully saturated rings. The van der Waals surface area contributed by atoms with Gasteiger partial charge in [-0.3, -0.25) is 4.79 Å². The Labute approximate surface area is 170 Å². The number of nitrogens with one attached hydrogen (secondary N) is 1. The number of hydrogen-bond acceptors (Lipinski definition) is 7. The number of hydrogen-bond donors (Lipinski definition) is 1. The van der Waals surface area contributed by atoms with Crippen LogP contribution in [0.4, 0.5) is 10.9 Å². The Morgan fingerprint density at radius 3 is 2.82 bits per heavy atom. The molecule has 28 heavy (non-hydrogen) atoms. The zero-order chi connectivity index (χ0) is 20.1. The Morgan fingerprint density at radius 2 is 2.11 bits per heavy atom. The Kier molecular flexibility index (Phi) is 6.74. The van der Waals surface area contributed by atoms with Gasteiger partial charge < -0.3 is 15.1 Å². The normalized spacial score (nSPS) is 17.5. The molecular formula is C20H28N6OS. The number of aryl methyl sites for hydroxylation is 2. The number of likely N-dealkylation sites (N-methyl/N-ethyl adjacent to an activating group) is 1. The Morgan fingerprint density at radius 1 is 1.29 bits per heavy atom. The first-order valence-electron chi connectivity index (χ1n) is 9.59. The van der Waals surface area contributed by atoms with Crippen molar-refractivity contribution in [2.75, 3.05) is 32.5 Å². The molecule has 2 aromatic rings. The number of carbonyl (C=O) groups excluding carboxylic acids is 1. The second-order valence-corrected chi connectivity index (χ2v) is 8.24. The van der Waals surface area contributed by atoms with E-state index in [1.807, 2.05) is 55.3 Å². The highest BCUT2D eigenvalue weighted by molar-refractivity contribution is 7.13. The van der Waals surface area contributed by atoms with Crippen molar-refractivity contribution in [1.82, 2.24) is 24.8 Å². The quantitative estimate of drug-likeness (QED) is 0.749. The van der Waals surface area contributed by atoms with Crippen LogP contribution in [0, 0.1) is 13.8 Å². The van der Waals surface area contributed by atoms with E-state index in [0.29, 0.717) is 5.82 Å². The lowest BCUT2D eigenvalue weighted by Gasteiger charge is -2.34. The third kappa shape index (κ3) is 5.36. The lowest BCUT2D eigenvalue weighted by molar-refractivity contribution is -0.129. The number of anilines is 2. The third-order valence-corrected chi connectivity index (χ3v) is 5.42. The molecule has 0 unspecified atom stereocenters. The second kappa shape index (κ2) is 9.25. The van der Waals surface area contributed by atoms with Gasteiger partial charge in [0.05, 0.1) is 11.7 Å². The van der Waals surface area contributed by atoms with Gasteiger partial charge in [0.15, 0.2) is 11.0 Å². The zero-order valence-corrected chi connectivity index (χ0v) is 17.8. The fraction of sp³-hybridized carbons (Fsp3) is 0.500. The molecule has 0 aromatic carbocycles. The van der Waals surface area contributed by atoms with Gasteiger partial charge in [-0.15, -0.1) is 11.3 Å². The summed E-state index contributed by atoms with van der Waals surface area (Å²) in [6, 6.07) is 1.82. The summed E-state index contributed by atoms with van der Waals surface area (Å²) in [6.45, 7) is 5.40. The average Bonchev–Trinajstić information content (AvgIpc) is 3.05. The van der Waals surface area contributed by atoms with Crippen molar-refractivity contribution in [3.63, 3.8) is 0 Å². The SMILES string of the molecule is Cc1cc(Nc2nc(C)cs2)nc([C@@H]2CCCCN2C(=O)/C=C/CN(C)C)n1. The minimum absolute atomic E-state index is 0.0294. The van der Waals surface area contributed by atoms with E-state index in [0.717, 1.165) is 54.7 Å². The van der Waals surface area contributed by atoms with Crippen LogP contribution in [0.2, 0.25) is 0 Å². The maximum atomic E-state index is 12.8. The highest BCUT2D eigenvalue weighted by Crippen LogP contribution is 2.30. The minimum Gasteiger partial charge on any atom is -0.329 e. The number of rotatable bonds is 6. The first kappa shape index (κ1) is 20.4. The molecule has 3 heterocycles. The van der Waals surface area contributed by atoms with E-state index in [-0.39, 0.29) is 11.9 Å². The molecule has 7 nitrogen and oxygen atoms in total. The van der Waals surface area contributed by atoms with E-state index >= 15 is 0 Å². The Hall–Kier alpha value is -2.32. The molecule has 1 aliphatic rings. The summed E-state index contributed by atoms with van der Waals surface area (Å²) in [5.74, 6) is 1.45. The van der Waals surface area contributed by atoms with Gasteiger partial charge in [0, 0.05) is 36.3 Å². The van der Waals surface area contributed by atoms with Crippen LogP contribution >= 0.6 is 11.3 Å². The fourth-order valence-corrected chi connectivity index (χ4v) is 3.94. The lowest BCUT2D eigenvalue weighted by atomic mass is 10.0. The molecule has 150 valence electrons. The van der Waals surface area contributed by atoms with Gasteiger partial charge in [-0.1, -0.05) is 6.08 Å². The van der Waals surface area contributed by atoms with Crippen LogP contribution in [-0.2, 0) is 4.79 Å². The molecule has 1 N–H and O–H groups in total. The van der Waals surface area contributed by atoms with Crippen LogP contribution in [0.15, 0.2) is 23.6 Å². The zero-order valence-electron chi connectivity index (χ0n) is 17.0. The first-order valence-corrected chi connectivity index (χ1v) is 10.5. The van der Waals surface area contributed by atoms with E-state index in [9.17, 15) is 4.79 Å².